The molecule has 0 aliphatic rings. The lowest BCUT2D eigenvalue weighted by Crippen LogP contribution is -2.39. The van der Waals surface area contributed by atoms with Crippen LogP contribution in [0.25, 0.3) is 0 Å². The van der Waals surface area contributed by atoms with Crippen LogP contribution < -0.4 is 20.1 Å². The summed E-state index contributed by atoms with van der Waals surface area (Å²) in [5.74, 6) is 2.25. The first kappa shape index (κ1) is 20.6. The molecule has 2 aromatic carbocycles. The first-order chi connectivity index (χ1) is 13.2. The van der Waals surface area contributed by atoms with E-state index in [1.54, 1.807) is 7.11 Å². The van der Waals surface area contributed by atoms with Gasteiger partial charge < -0.3 is 25.2 Å². The second-order valence-electron chi connectivity index (χ2n) is 5.93. The lowest BCUT2D eigenvalue weighted by Gasteiger charge is -2.13. The molecule has 3 N–H and O–H groups in total. The van der Waals surface area contributed by atoms with E-state index < -0.39 is 6.10 Å². The molecule has 0 heterocycles. The maximum atomic E-state index is 10.2. The van der Waals surface area contributed by atoms with Crippen molar-refractivity contribution in [2.75, 3.05) is 33.4 Å². The fourth-order valence-electron chi connectivity index (χ4n) is 2.51. The lowest BCUT2D eigenvalue weighted by atomic mass is 10.1. The van der Waals surface area contributed by atoms with Gasteiger partial charge in [0.15, 0.2) is 5.96 Å². The van der Waals surface area contributed by atoms with Crippen LogP contribution >= 0.6 is 0 Å². The Kier molecular flexibility index (Phi) is 9.00. The van der Waals surface area contributed by atoms with Gasteiger partial charge in [0.05, 0.1) is 19.8 Å². The number of methoxy groups -OCH3 is 1. The minimum Gasteiger partial charge on any atom is -0.497 e. The average Bonchev–Trinajstić information content (AvgIpc) is 2.71. The molecule has 1 unspecified atom stereocenters. The van der Waals surface area contributed by atoms with E-state index >= 15 is 0 Å². The van der Waals surface area contributed by atoms with E-state index in [1.807, 2.05) is 61.5 Å². The summed E-state index contributed by atoms with van der Waals surface area (Å²) in [6.07, 6.45) is 0.0650. The van der Waals surface area contributed by atoms with Crippen molar-refractivity contribution in [2.24, 2.45) is 4.99 Å². The van der Waals surface area contributed by atoms with Crippen molar-refractivity contribution in [1.29, 1.82) is 0 Å². The zero-order chi connectivity index (χ0) is 19.3. The number of nitrogens with one attached hydrogen (secondary N) is 2. The Morgan fingerprint density at radius 1 is 1.07 bits per heavy atom. The summed E-state index contributed by atoms with van der Waals surface area (Å²) in [6.45, 7) is 4.43. The Morgan fingerprint density at radius 2 is 1.85 bits per heavy atom. The molecule has 0 amide bonds. The van der Waals surface area contributed by atoms with Gasteiger partial charge in [-0.05, 0) is 31.0 Å². The minimum atomic E-state index is -0.505. The fraction of sp³-hybridized carbons (Fsp3) is 0.381. The van der Waals surface area contributed by atoms with Gasteiger partial charge in [-0.25, -0.2) is 0 Å². The molecular weight excluding hydrogens is 342 g/mol. The molecule has 1 atom stereocenters. The number of hydrogen-bond acceptors (Lipinski definition) is 4. The highest BCUT2D eigenvalue weighted by molar-refractivity contribution is 5.79. The largest absolute Gasteiger partial charge is 0.497 e. The first-order valence-electron chi connectivity index (χ1n) is 9.25. The Hall–Kier alpha value is -2.73. The number of ether oxygens (including phenoxy) is 2. The summed E-state index contributed by atoms with van der Waals surface area (Å²) < 4.78 is 10.9. The molecule has 0 bridgehead atoms. The molecule has 6 nitrogen and oxygen atoms in total. The molecule has 6 heteroatoms. The average molecular weight is 371 g/mol. The predicted octanol–water partition coefficient (Wildman–Crippen LogP) is 2.75. The van der Waals surface area contributed by atoms with Crippen LogP contribution in [0.3, 0.4) is 0 Å². The van der Waals surface area contributed by atoms with E-state index in [9.17, 15) is 5.11 Å². The number of nitrogens with zero attached hydrogens (tertiary/aromatic N) is 1. The fourth-order valence-corrected chi connectivity index (χ4v) is 2.51. The van der Waals surface area contributed by atoms with Crippen LogP contribution in [0.5, 0.6) is 11.5 Å². The smallest absolute Gasteiger partial charge is 0.191 e. The summed E-state index contributed by atoms with van der Waals surface area (Å²) in [6, 6.07) is 17.2. The van der Waals surface area contributed by atoms with Crippen molar-refractivity contribution in [2.45, 2.75) is 19.4 Å². The predicted molar refractivity (Wildman–Crippen MR) is 108 cm³/mol. The summed E-state index contributed by atoms with van der Waals surface area (Å²) in [4.78, 5) is 4.51. The van der Waals surface area contributed by atoms with E-state index in [-0.39, 0.29) is 0 Å². The first-order valence-corrected chi connectivity index (χ1v) is 9.25. The maximum Gasteiger partial charge on any atom is 0.191 e. The molecule has 2 aromatic rings. The summed E-state index contributed by atoms with van der Waals surface area (Å²) in [5, 5.41) is 16.6. The molecule has 0 aromatic heterocycles. The topological polar surface area (TPSA) is 75.1 Å². The molecular formula is C21H29N3O3. The normalized spacial score (nSPS) is 12.3. The van der Waals surface area contributed by atoms with Crippen molar-refractivity contribution in [1.82, 2.24) is 10.6 Å². The number of hydrogen-bond donors (Lipinski definition) is 3. The van der Waals surface area contributed by atoms with Gasteiger partial charge in [0, 0.05) is 19.2 Å². The standard InChI is InChI=1S/C21H29N3O3/c1-3-22-21(23-13-12-20(25)17-8-5-4-6-9-17)24-14-15-27-19-11-7-10-18(16-19)26-2/h4-11,16,20,25H,3,12-15H2,1-2H3,(H2,22,23,24). The minimum absolute atomic E-state index is 0.504. The molecule has 27 heavy (non-hydrogen) atoms. The Balaban J connectivity index is 1.74. The van der Waals surface area contributed by atoms with Gasteiger partial charge in [-0.3, -0.25) is 4.99 Å². The second-order valence-corrected chi connectivity index (χ2v) is 5.93. The molecule has 2 rings (SSSR count). The van der Waals surface area contributed by atoms with Crippen LogP contribution in [0, 0.1) is 0 Å². The van der Waals surface area contributed by atoms with Gasteiger partial charge in [0.1, 0.15) is 18.1 Å². The van der Waals surface area contributed by atoms with Crippen LogP contribution in [-0.4, -0.2) is 44.4 Å². The van der Waals surface area contributed by atoms with Gasteiger partial charge in [-0.2, -0.15) is 0 Å². The molecule has 0 radical (unpaired) electrons. The number of aliphatic imine (C=N–C) groups is 1. The van der Waals surface area contributed by atoms with Crippen molar-refractivity contribution >= 4 is 5.96 Å². The Bertz CT molecular complexity index is 692. The quantitative estimate of drug-likeness (QED) is 0.340. The molecule has 0 aliphatic heterocycles. The number of aliphatic hydroxyl groups excluding tert-OH is 1. The van der Waals surface area contributed by atoms with E-state index in [0.717, 1.165) is 23.6 Å². The molecule has 0 aliphatic carbocycles. The van der Waals surface area contributed by atoms with Crippen LogP contribution in [0.15, 0.2) is 59.6 Å². The number of rotatable bonds is 10. The van der Waals surface area contributed by atoms with Crippen molar-refractivity contribution in [3.63, 3.8) is 0 Å². The van der Waals surface area contributed by atoms with Crippen LogP contribution in [0.1, 0.15) is 25.0 Å². The Labute approximate surface area is 161 Å². The summed E-state index contributed by atoms with van der Waals surface area (Å²) in [7, 11) is 1.63. The van der Waals surface area contributed by atoms with Gasteiger partial charge >= 0.3 is 0 Å². The second kappa shape index (κ2) is 11.8. The van der Waals surface area contributed by atoms with Crippen molar-refractivity contribution in [3.8, 4) is 11.5 Å². The monoisotopic (exact) mass is 371 g/mol. The zero-order valence-electron chi connectivity index (χ0n) is 16.0. The van der Waals surface area contributed by atoms with Gasteiger partial charge in [-0.15, -0.1) is 0 Å². The number of aliphatic hydroxyl groups is 1. The SMILES string of the molecule is CCNC(=NCCC(O)c1ccccc1)NCCOc1cccc(OC)c1. The van der Waals surface area contributed by atoms with Gasteiger partial charge in [-0.1, -0.05) is 36.4 Å². The summed E-state index contributed by atoms with van der Waals surface area (Å²) >= 11 is 0. The summed E-state index contributed by atoms with van der Waals surface area (Å²) in [5.41, 5.74) is 0.914. The van der Waals surface area contributed by atoms with Crippen molar-refractivity contribution < 1.29 is 14.6 Å². The number of benzene rings is 2. The highest BCUT2D eigenvalue weighted by atomic mass is 16.5. The highest BCUT2D eigenvalue weighted by Crippen LogP contribution is 2.18. The third kappa shape index (κ3) is 7.58. The van der Waals surface area contributed by atoms with Crippen LogP contribution in [0.2, 0.25) is 0 Å². The van der Waals surface area contributed by atoms with E-state index in [0.29, 0.717) is 32.1 Å². The zero-order valence-corrected chi connectivity index (χ0v) is 16.0. The third-order valence-corrected chi connectivity index (χ3v) is 3.91. The van der Waals surface area contributed by atoms with Crippen molar-refractivity contribution in [3.05, 3.63) is 60.2 Å². The van der Waals surface area contributed by atoms with Crippen LogP contribution in [-0.2, 0) is 0 Å². The molecule has 0 fully saturated rings. The van der Waals surface area contributed by atoms with E-state index in [4.69, 9.17) is 9.47 Å². The van der Waals surface area contributed by atoms with E-state index in [1.165, 1.54) is 0 Å². The molecule has 0 spiro atoms. The highest BCUT2D eigenvalue weighted by Gasteiger charge is 2.06. The molecule has 0 saturated heterocycles. The molecule has 0 saturated carbocycles. The molecule has 146 valence electrons. The maximum absolute atomic E-state index is 10.2. The number of guanidine groups is 1. The van der Waals surface area contributed by atoms with Gasteiger partial charge in [0.2, 0.25) is 0 Å². The van der Waals surface area contributed by atoms with E-state index in [2.05, 4.69) is 15.6 Å². The Morgan fingerprint density at radius 3 is 2.59 bits per heavy atom. The van der Waals surface area contributed by atoms with Gasteiger partial charge in [0.25, 0.3) is 0 Å². The lowest BCUT2D eigenvalue weighted by molar-refractivity contribution is 0.170. The third-order valence-electron chi connectivity index (χ3n) is 3.91. The van der Waals surface area contributed by atoms with Crippen LogP contribution in [0.4, 0.5) is 0 Å².